The van der Waals surface area contributed by atoms with Gasteiger partial charge in [0.15, 0.2) is 0 Å². The van der Waals surface area contributed by atoms with Gasteiger partial charge in [-0.25, -0.2) is 0 Å². The number of benzene rings is 1. The number of hydrogen-bond acceptors (Lipinski definition) is 3. The van der Waals surface area contributed by atoms with Gasteiger partial charge in [-0.3, -0.25) is 9.97 Å². The summed E-state index contributed by atoms with van der Waals surface area (Å²) >= 11 is 3.15. The number of rotatable bonds is 0. The summed E-state index contributed by atoms with van der Waals surface area (Å²) < 4.78 is 30.3. The highest BCUT2D eigenvalue weighted by Crippen LogP contribution is 2.25. The van der Waals surface area contributed by atoms with Crippen LogP contribution < -0.4 is 5.73 Å². The molecule has 0 saturated carbocycles. The highest BCUT2D eigenvalue weighted by Gasteiger charge is 2.02. The Morgan fingerprint density at radius 2 is 2.08 bits per heavy atom. The summed E-state index contributed by atoms with van der Waals surface area (Å²) in [6.07, 6.45) is -0.609. The van der Waals surface area contributed by atoms with E-state index in [4.69, 9.17) is 11.2 Å². The summed E-state index contributed by atoms with van der Waals surface area (Å²) in [4.78, 5) is 7.59. The van der Waals surface area contributed by atoms with E-state index in [1.807, 2.05) is 0 Å². The molecule has 0 unspecified atom stereocenters. The van der Waals surface area contributed by atoms with Gasteiger partial charge in [-0.15, -0.1) is 0 Å². The van der Waals surface area contributed by atoms with Crippen LogP contribution >= 0.6 is 15.9 Å². The molecule has 0 spiro atoms. The average molecular weight is 228 g/mol. The molecule has 60 valence electrons. The monoisotopic (exact) mass is 227 g/mol. The van der Waals surface area contributed by atoms with Crippen molar-refractivity contribution in [3.05, 3.63) is 28.9 Å². The molecule has 1 aromatic heterocycles. The molecule has 0 aliphatic carbocycles. The van der Waals surface area contributed by atoms with Gasteiger partial charge in [0.2, 0.25) is 0 Å². The molecule has 0 saturated heterocycles. The molecule has 12 heavy (non-hydrogen) atoms. The zero-order valence-corrected chi connectivity index (χ0v) is 7.44. The van der Waals surface area contributed by atoms with Crippen molar-refractivity contribution in [3.8, 4) is 0 Å². The summed E-state index contributed by atoms with van der Waals surface area (Å²) in [5, 5.41) is 0. The average Bonchev–Trinajstić information content (AvgIpc) is 2.26. The Hall–Kier alpha value is -1.16. The molecule has 2 rings (SSSR count). The quantitative estimate of drug-likeness (QED) is 0.701. The molecule has 2 N–H and O–H groups in total. The maximum absolute atomic E-state index is 7.66. The van der Waals surface area contributed by atoms with Gasteiger partial charge in [0.05, 0.1) is 15.5 Å². The van der Waals surface area contributed by atoms with E-state index in [1.165, 1.54) is 0 Å². The SMILES string of the molecule is [2H]c1nc2c([2H])c([2H])c(N)c(Br)c2nc1[2H]. The van der Waals surface area contributed by atoms with Crippen LogP contribution in [0.4, 0.5) is 5.69 Å². The lowest BCUT2D eigenvalue weighted by atomic mass is 10.3. The van der Waals surface area contributed by atoms with Gasteiger partial charge in [0.1, 0.15) is 5.52 Å². The zero-order valence-electron chi connectivity index (χ0n) is 9.85. The first-order valence-corrected chi connectivity index (χ1v) is 3.92. The third-order valence-corrected chi connectivity index (χ3v) is 2.17. The lowest BCUT2D eigenvalue weighted by molar-refractivity contribution is 1.29. The van der Waals surface area contributed by atoms with Crippen LogP contribution in [0.25, 0.3) is 11.0 Å². The molecule has 1 aromatic carbocycles. The van der Waals surface area contributed by atoms with E-state index >= 15 is 0 Å². The maximum atomic E-state index is 7.66. The number of nitrogen functional groups attached to an aromatic ring is 1. The van der Waals surface area contributed by atoms with Gasteiger partial charge < -0.3 is 5.73 Å². The first-order chi connectivity index (χ1) is 7.43. The van der Waals surface area contributed by atoms with Crippen molar-refractivity contribution in [1.82, 2.24) is 9.97 Å². The number of halogens is 1. The van der Waals surface area contributed by atoms with Crippen molar-refractivity contribution in [3.63, 3.8) is 0 Å². The number of nitrogens with two attached hydrogens (primary N) is 1. The molecular weight excluding hydrogens is 218 g/mol. The second kappa shape index (κ2) is 2.71. The van der Waals surface area contributed by atoms with Crippen molar-refractivity contribution in [1.29, 1.82) is 0 Å². The van der Waals surface area contributed by atoms with E-state index < -0.39 is 0 Å². The van der Waals surface area contributed by atoms with Crippen LogP contribution in [0.5, 0.6) is 0 Å². The molecule has 4 heteroatoms. The van der Waals surface area contributed by atoms with Crippen LogP contribution in [0.3, 0.4) is 0 Å². The van der Waals surface area contributed by atoms with Crippen LogP contribution in [0.2, 0.25) is 0 Å². The normalized spacial score (nSPS) is 15.1. The smallest absolute Gasteiger partial charge is 0.105 e. The third-order valence-electron chi connectivity index (χ3n) is 1.37. The molecule has 0 atom stereocenters. The minimum Gasteiger partial charge on any atom is -0.398 e. The van der Waals surface area contributed by atoms with E-state index in [1.54, 1.807) is 0 Å². The molecular formula is C8H6BrN3. The van der Waals surface area contributed by atoms with Crippen LogP contribution in [0.1, 0.15) is 5.48 Å². The van der Waals surface area contributed by atoms with Gasteiger partial charge >= 0.3 is 0 Å². The first-order valence-electron chi connectivity index (χ1n) is 5.12. The van der Waals surface area contributed by atoms with E-state index in [0.29, 0.717) is 4.47 Å². The minimum atomic E-state index is -0.322. The fourth-order valence-electron chi connectivity index (χ4n) is 0.817. The van der Waals surface area contributed by atoms with Gasteiger partial charge in [-0.2, -0.15) is 0 Å². The zero-order chi connectivity index (χ0) is 12.0. The number of aromatic nitrogens is 2. The lowest BCUT2D eigenvalue weighted by Gasteiger charge is -2.00. The highest BCUT2D eigenvalue weighted by atomic mass is 79.9. The topological polar surface area (TPSA) is 51.8 Å². The second-order valence-corrected chi connectivity index (χ2v) is 2.92. The molecule has 0 bridgehead atoms. The predicted molar refractivity (Wildman–Crippen MR) is 51.7 cm³/mol. The van der Waals surface area contributed by atoms with Gasteiger partial charge in [0, 0.05) is 18.0 Å². The van der Waals surface area contributed by atoms with Gasteiger partial charge in [-0.1, -0.05) is 0 Å². The summed E-state index contributed by atoms with van der Waals surface area (Å²) in [6.45, 7) is 0. The lowest BCUT2D eigenvalue weighted by Crippen LogP contribution is -1.89. The van der Waals surface area contributed by atoms with E-state index in [0.717, 1.165) is 0 Å². The van der Waals surface area contributed by atoms with E-state index in [2.05, 4.69) is 25.9 Å². The highest BCUT2D eigenvalue weighted by molar-refractivity contribution is 9.10. The predicted octanol–water partition coefficient (Wildman–Crippen LogP) is 1.97. The van der Waals surface area contributed by atoms with Gasteiger partial charge in [-0.05, 0) is 28.0 Å². The van der Waals surface area contributed by atoms with Crippen LogP contribution in [-0.4, -0.2) is 9.97 Å². The van der Waals surface area contributed by atoms with E-state index in [9.17, 15) is 0 Å². The Morgan fingerprint density at radius 1 is 1.33 bits per heavy atom. The van der Waals surface area contributed by atoms with Crippen molar-refractivity contribution in [2.75, 3.05) is 5.73 Å². The maximum Gasteiger partial charge on any atom is 0.105 e. The van der Waals surface area contributed by atoms with Crippen LogP contribution in [0.15, 0.2) is 28.9 Å². The van der Waals surface area contributed by atoms with Crippen molar-refractivity contribution in [2.45, 2.75) is 0 Å². The summed E-state index contributed by atoms with van der Waals surface area (Å²) in [5.74, 6) is 0. The summed E-state index contributed by atoms with van der Waals surface area (Å²) in [7, 11) is 0. The van der Waals surface area contributed by atoms with Crippen molar-refractivity contribution < 1.29 is 5.48 Å². The number of fused-ring (bicyclic) bond motifs is 1. The minimum absolute atomic E-state index is 0.0870. The molecule has 0 amide bonds. The molecule has 0 aliphatic heterocycles. The number of nitrogens with zero attached hydrogens (tertiary/aromatic N) is 2. The van der Waals surface area contributed by atoms with Crippen LogP contribution in [0, 0.1) is 0 Å². The fourth-order valence-corrected chi connectivity index (χ4v) is 1.19. The Bertz CT molecular complexity index is 549. The third kappa shape index (κ3) is 1.04. The molecule has 0 radical (unpaired) electrons. The number of hydrogen-bond donors (Lipinski definition) is 1. The first kappa shape index (κ1) is 4.18. The standard InChI is InChI=1S/C8H6BrN3/c9-7-5(10)1-2-6-8(7)12-4-3-11-6/h1-4H,10H2/i1D,2D,3D,4D. The summed E-state index contributed by atoms with van der Waals surface area (Å²) in [6, 6.07) is -0.345. The van der Waals surface area contributed by atoms with Crippen molar-refractivity contribution >= 4 is 32.7 Å². The van der Waals surface area contributed by atoms with Crippen LogP contribution in [-0.2, 0) is 0 Å². The molecule has 0 fully saturated rings. The number of anilines is 1. The molecule has 0 aliphatic rings. The Morgan fingerprint density at radius 3 is 2.92 bits per heavy atom. The Kier molecular flexibility index (Phi) is 0.945. The molecule has 3 nitrogen and oxygen atoms in total. The molecule has 2 aromatic rings. The Labute approximate surface area is 83.4 Å². The summed E-state index contributed by atoms with van der Waals surface area (Å²) in [5.41, 5.74) is 6.03. The van der Waals surface area contributed by atoms with E-state index in [-0.39, 0.29) is 41.2 Å². The van der Waals surface area contributed by atoms with Gasteiger partial charge in [0.25, 0.3) is 0 Å². The van der Waals surface area contributed by atoms with Crippen molar-refractivity contribution in [2.24, 2.45) is 0 Å². The fraction of sp³-hybridized carbons (Fsp3) is 0. The Balaban J connectivity index is 3.02. The second-order valence-electron chi connectivity index (χ2n) is 2.12. The molecule has 1 heterocycles. The largest absolute Gasteiger partial charge is 0.398 e.